The number of halogens is 3. The highest BCUT2D eigenvalue weighted by atomic mass is 19.4. The number of piperazine rings is 1. The Balaban J connectivity index is 0.000000644. The zero-order chi connectivity index (χ0) is 34.7. The molecule has 1 fully saturated rings. The van der Waals surface area contributed by atoms with E-state index < -0.39 is 23.1 Å². The number of aliphatic carboxylic acids is 1. The van der Waals surface area contributed by atoms with E-state index >= 15 is 0 Å². The molecule has 2 amide bonds. The third kappa shape index (κ3) is 7.87. The van der Waals surface area contributed by atoms with Crippen LogP contribution in [-0.2, 0) is 28.0 Å². The van der Waals surface area contributed by atoms with E-state index in [4.69, 9.17) is 9.90 Å². The molecule has 5 rings (SSSR count). The Labute approximate surface area is 269 Å². The van der Waals surface area contributed by atoms with Crippen LogP contribution < -0.4 is 4.90 Å². The van der Waals surface area contributed by atoms with Crippen LogP contribution in [0.1, 0.15) is 61.2 Å². The second kappa shape index (κ2) is 13.8. The average Bonchev–Trinajstić information content (AvgIpc) is 3.01. The van der Waals surface area contributed by atoms with Gasteiger partial charge in [-0.2, -0.15) is 13.2 Å². The second-order valence-electron chi connectivity index (χ2n) is 12.3. The summed E-state index contributed by atoms with van der Waals surface area (Å²) in [7, 11) is 0. The fraction of sp³-hybridized carbons (Fsp3) is 0.394. The number of nitro benzene ring substituents is 1. The van der Waals surface area contributed by atoms with E-state index in [2.05, 4.69) is 54.9 Å². The molecule has 1 aromatic heterocycles. The number of carbonyl (C=O) groups excluding carboxylic acids is 2. The first kappa shape index (κ1) is 34.9. The van der Waals surface area contributed by atoms with Crippen LogP contribution in [0.3, 0.4) is 0 Å². The minimum atomic E-state index is -5.08. The molecule has 14 heteroatoms. The fourth-order valence-corrected chi connectivity index (χ4v) is 5.71. The number of hydrogen-bond acceptors (Lipinski definition) is 7. The van der Waals surface area contributed by atoms with Gasteiger partial charge in [-0.3, -0.25) is 24.7 Å². The number of fused-ring (bicyclic) bond motifs is 2. The predicted octanol–water partition coefficient (Wildman–Crippen LogP) is 5.57. The lowest BCUT2D eigenvalue weighted by molar-refractivity contribution is -0.384. The number of pyridine rings is 1. The van der Waals surface area contributed by atoms with Crippen molar-refractivity contribution in [2.24, 2.45) is 0 Å². The number of carboxylic acids is 1. The molecular weight excluding hydrogens is 619 g/mol. The topological polar surface area (TPSA) is 137 Å². The minimum absolute atomic E-state index is 0.0352. The summed E-state index contributed by atoms with van der Waals surface area (Å²) in [5.74, 6) is -3.19. The molecule has 0 spiro atoms. The number of carbonyl (C=O) groups is 3. The number of aromatic nitrogens is 1. The van der Waals surface area contributed by atoms with Gasteiger partial charge in [-0.1, -0.05) is 52.0 Å². The zero-order valence-corrected chi connectivity index (χ0v) is 26.4. The molecule has 1 N–H and O–H groups in total. The summed E-state index contributed by atoms with van der Waals surface area (Å²) in [6, 6.07) is 16.1. The summed E-state index contributed by atoms with van der Waals surface area (Å²) >= 11 is 0. The van der Waals surface area contributed by atoms with Gasteiger partial charge in [0.1, 0.15) is 12.2 Å². The van der Waals surface area contributed by atoms with Gasteiger partial charge in [0.2, 0.25) is 5.91 Å². The van der Waals surface area contributed by atoms with Crippen molar-refractivity contribution in [1.82, 2.24) is 14.8 Å². The third-order valence-electron chi connectivity index (χ3n) is 8.18. The van der Waals surface area contributed by atoms with Crippen molar-refractivity contribution in [2.45, 2.75) is 70.9 Å². The van der Waals surface area contributed by atoms with Crippen LogP contribution >= 0.6 is 0 Å². The summed E-state index contributed by atoms with van der Waals surface area (Å²) < 4.78 is 31.7. The van der Waals surface area contributed by atoms with Gasteiger partial charge in [-0.15, -0.1) is 0 Å². The first-order valence-corrected chi connectivity index (χ1v) is 15.0. The highest BCUT2D eigenvalue weighted by molar-refractivity contribution is 6.05. The number of anilines is 1. The number of rotatable bonds is 7. The lowest BCUT2D eigenvalue weighted by Gasteiger charge is -2.53. The minimum Gasteiger partial charge on any atom is -0.475 e. The number of alkyl halides is 3. The van der Waals surface area contributed by atoms with Gasteiger partial charge >= 0.3 is 12.1 Å². The molecule has 2 atom stereocenters. The van der Waals surface area contributed by atoms with Crippen molar-refractivity contribution in [2.75, 3.05) is 18.0 Å². The van der Waals surface area contributed by atoms with E-state index in [1.807, 2.05) is 24.0 Å². The Kier molecular flexibility index (Phi) is 10.2. The molecule has 11 nitrogen and oxygen atoms in total. The predicted molar refractivity (Wildman–Crippen MR) is 167 cm³/mol. The maximum absolute atomic E-state index is 13.9. The molecular formula is C33H36F3N5O6. The van der Waals surface area contributed by atoms with Crippen LogP contribution in [-0.4, -0.2) is 74.1 Å². The molecule has 1 saturated heterocycles. The SMILES string of the molecule is CCC1C(=O)N(Cc2ccc(C(C)(C)C)cc2)CC2N(CCc3ccncc3)c3ccc([N+](=O)[O-])cc3C(=O)N12.O=C(O)C(F)(F)F. The molecule has 2 aliphatic heterocycles. The van der Waals surface area contributed by atoms with Gasteiger partial charge in [0.15, 0.2) is 0 Å². The normalized spacial score (nSPS) is 17.8. The number of carboxylic acid groups (broad SMARTS) is 1. The van der Waals surface area contributed by atoms with E-state index in [1.54, 1.807) is 23.4 Å². The summed E-state index contributed by atoms with van der Waals surface area (Å²) in [5.41, 5.74) is 4.17. The van der Waals surface area contributed by atoms with E-state index in [1.165, 1.54) is 17.7 Å². The van der Waals surface area contributed by atoms with Gasteiger partial charge in [0, 0.05) is 37.6 Å². The summed E-state index contributed by atoms with van der Waals surface area (Å²) in [6.07, 6.45) is -0.839. The van der Waals surface area contributed by atoms with Crippen molar-refractivity contribution >= 4 is 29.2 Å². The number of nitro groups is 1. The van der Waals surface area contributed by atoms with Gasteiger partial charge in [0.05, 0.1) is 22.7 Å². The first-order valence-electron chi connectivity index (χ1n) is 15.0. The van der Waals surface area contributed by atoms with E-state index in [0.717, 1.165) is 11.1 Å². The van der Waals surface area contributed by atoms with Crippen LogP contribution in [0.4, 0.5) is 24.5 Å². The number of non-ortho nitro benzene ring substituents is 1. The van der Waals surface area contributed by atoms with Crippen molar-refractivity contribution in [1.29, 1.82) is 0 Å². The molecule has 2 aliphatic rings. The van der Waals surface area contributed by atoms with Crippen LogP contribution in [0.2, 0.25) is 0 Å². The van der Waals surface area contributed by atoms with Gasteiger partial charge in [-0.05, 0) is 53.1 Å². The Morgan fingerprint density at radius 3 is 2.17 bits per heavy atom. The molecule has 2 aromatic carbocycles. The largest absolute Gasteiger partial charge is 0.490 e. The molecule has 3 heterocycles. The Morgan fingerprint density at radius 1 is 1.02 bits per heavy atom. The number of hydrogen-bond donors (Lipinski definition) is 1. The molecule has 250 valence electrons. The molecule has 0 saturated carbocycles. The molecule has 0 bridgehead atoms. The Bertz CT molecular complexity index is 1630. The van der Waals surface area contributed by atoms with E-state index in [0.29, 0.717) is 38.2 Å². The Hall–Kier alpha value is -5.01. The summed E-state index contributed by atoms with van der Waals surface area (Å²) in [5, 5.41) is 18.7. The first-order chi connectivity index (χ1) is 22.0. The van der Waals surface area contributed by atoms with Crippen LogP contribution in [0.25, 0.3) is 0 Å². The summed E-state index contributed by atoms with van der Waals surface area (Å²) in [4.78, 5) is 57.3. The van der Waals surface area contributed by atoms with E-state index in [-0.39, 0.29) is 34.6 Å². The lowest BCUT2D eigenvalue weighted by atomic mass is 9.86. The summed E-state index contributed by atoms with van der Waals surface area (Å²) in [6.45, 7) is 9.77. The molecule has 2 unspecified atom stereocenters. The molecule has 0 radical (unpaired) electrons. The average molecular weight is 656 g/mol. The molecule has 0 aliphatic carbocycles. The van der Waals surface area contributed by atoms with Gasteiger partial charge in [0.25, 0.3) is 11.6 Å². The number of nitrogens with zero attached hydrogens (tertiary/aromatic N) is 5. The smallest absolute Gasteiger partial charge is 0.475 e. The Morgan fingerprint density at radius 2 is 1.64 bits per heavy atom. The monoisotopic (exact) mass is 655 g/mol. The molecule has 3 aromatic rings. The van der Waals surface area contributed by atoms with Crippen molar-refractivity contribution < 1.29 is 37.6 Å². The number of amides is 2. The van der Waals surface area contributed by atoms with Crippen molar-refractivity contribution in [3.8, 4) is 0 Å². The fourth-order valence-electron chi connectivity index (χ4n) is 5.71. The van der Waals surface area contributed by atoms with Crippen LogP contribution in [0, 0.1) is 10.1 Å². The van der Waals surface area contributed by atoms with Crippen molar-refractivity contribution in [3.63, 3.8) is 0 Å². The highest BCUT2D eigenvalue weighted by Gasteiger charge is 2.48. The second-order valence-corrected chi connectivity index (χ2v) is 12.3. The van der Waals surface area contributed by atoms with E-state index in [9.17, 15) is 32.9 Å². The quantitative estimate of drug-likeness (QED) is 0.258. The third-order valence-corrected chi connectivity index (χ3v) is 8.18. The van der Waals surface area contributed by atoms with Crippen LogP contribution in [0.5, 0.6) is 0 Å². The standard InChI is InChI=1S/C31H35N5O4.C2HF3O2/c1-5-26-30(38)33(19-22-6-8-23(9-7-22)31(2,3)4)20-28-34(17-14-21-12-15-32-16-13-21)27-11-10-24(36(39)40)18-25(27)29(37)35(26)28;3-2(4,5)1(6)7/h6-13,15-16,18,26,28H,5,14,17,19-20H2,1-4H3;(H,6,7). The van der Waals surface area contributed by atoms with Crippen molar-refractivity contribution in [3.05, 3.63) is 99.4 Å². The molecule has 47 heavy (non-hydrogen) atoms. The van der Waals surface area contributed by atoms with Crippen LogP contribution in [0.15, 0.2) is 67.0 Å². The highest BCUT2D eigenvalue weighted by Crippen LogP contribution is 2.38. The maximum Gasteiger partial charge on any atom is 0.490 e. The number of benzene rings is 2. The maximum atomic E-state index is 13.9. The lowest BCUT2D eigenvalue weighted by Crippen LogP contribution is -2.70. The van der Waals surface area contributed by atoms with Gasteiger partial charge < -0.3 is 19.8 Å². The van der Waals surface area contributed by atoms with Gasteiger partial charge in [-0.25, -0.2) is 4.79 Å². The zero-order valence-electron chi connectivity index (χ0n) is 26.4.